The van der Waals surface area contributed by atoms with Crippen LogP contribution >= 0.6 is 0 Å². The fourth-order valence-electron chi connectivity index (χ4n) is 4.26. The van der Waals surface area contributed by atoms with Crippen LogP contribution in [-0.2, 0) is 4.79 Å². The molecule has 2 N–H and O–H groups in total. The van der Waals surface area contributed by atoms with E-state index in [4.69, 9.17) is 0 Å². The first-order valence-corrected chi connectivity index (χ1v) is 10.8. The summed E-state index contributed by atoms with van der Waals surface area (Å²) >= 11 is 0. The summed E-state index contributed by atoms with van der Waals surface area (Å²) in [4.78, 5) is 23.4. The van der Waals surface area contributed by atoms with E-state index in [1.165, 1.54) is 25.7 Å². The number of hydrogen-bond acceptors (Lipinski definition) is 5. The van der Waals surface area contributed by atoms with Gasteiger partial charge in [0.25, 0.3) is 0 Å². The summed E-state index contributed by atoms with van der Waals surface area (Å²) < 4.78 is 0. The topological polar surface area (TPSA) is 70.2 Å². The van der Waals surface area contributed by atoms with E-state index in [1.807, 2.05) is 6.07 Å². The van der Waals surface area contributed by atoms with Crippen molar-refractivity contribution in [3.8, 4) is 0 Å². The highest BCUT2D eigenvalue weighted by molar-refractivity contribution is 5.76. The van der Waals surface area contributed by atoms with Crippen molar-refractivity contribution in [1.82, 2.24) is 15.3 Å². The fraction of sp³-hybridized carbons (Fsp3) is 0.762. The van der Waals surface area contributed by atoms with Crippen molar-refractivity contribution in [2.45, 2.75) is 77.2 Å². The van der Waals surface area contributed by atoms with Gasteiger partial charge in [0.05, 0.1) is 0 Å². The van der Waals surface area contributed by atoms with Gasteiger partial charge in [-0.2, -0.15) is 0 Å². The number of amides is 1. The van der Waals surface area contributed by atoms with E-state index < -0.39 is 0 Å². The zero-order valence-electron chi connectivity index (χ0n) is 16.8. The molecule has 6 nitrogen and oxygen atoms in total. The van der Waals surface area contributed by atoms with E-state index >= 15 is 0 Å². The van der Waals surface area contributed by atoms with Gasteiger partial charge in [0.1, 0.15) is 18.0 Å². The van der Waals surface area contributed by atoms with Gasteiger partial charge in [-0.05, 0) is 44.4 Å². The number of nitrogens with zero attached hydrogens (tertiary/aromatic N) is 3. The van der Waals surface area contributed by atoms with E-state index in [9.17, 15) is 4.79 Å². The molecule has 150 valence electrons. The summed E-state index contributed by atoms with van der Waals surface area (Å²) in [5.41, 5.74) is 0. The number of carbonyl (C=O) groups excluding carboxylic acids is 1. The van der Waals surface area contributed by atoms with E-state index in [0.717, 1.165) is 63.4 Å². The minimum absolute atomic E-state index is 0.243. The molecule has 1 aromatic heterocycles. The molecule has 2 fully saturated rings. The summed E-state index contributed by atoms with van der Waals surface area (Å²) in [7, 11) is 0. The quantitative estimate of drug-likeness (QED) is 0.726. The number of carbonyl (C=O) groups is 1. The lowest BCUT2D eigenvalue weighted by Gasteiger charge is -2.33. The maximum atomic E-state index is 12.3. The van der Waals surface area contributed by atoms with Crippen LogP contribution in [0, 0.1) is 5.92 Å². The van der Waals surface area contributed by atoms with Crippen molar-refractivity contribution >= 4 is 17.5 Å². The molecule has 1 saturated carbocycles. The Bertz CT molecular complexity index is 588. The van der Waals surface area contributed by atoms with Gasteiger partial charge in [0.15, 0.2) is 0 Å². The van der Waals surface area contributed by atoms with Crippen LogP contribution in [0.5, 0.6) is 0 Å². The molecule has 2 heterocycles. The molecule has 1 saturated heterocycles. The third-order valence-corrected chi connectivity index (χ3v) is 5.80. The van der Waals surface area contributed by atoms with Crippen molar-refractivity contribution in [3.63, 3.8) is 0 Å². The lowest BCUT2D eigenvalue weighted by atomic mass is 9.92. The minimum Gasteiger partial charge on any atom is -0.370 e. The summed E-state index contributed by atoms with van der Waals surface area (Å²) in [6, 6.07) is 2.47. The smallest absolute Gasteiger partial charge is 0.220 e. The Hall–Kier alpha value is -1.85. The van der Waals surface area contributed by atoms with Crippen molar-refractivity contribution < 1.29 is 4.79 Å². The lowest BCUT2D eigenvalue weighted by Crippen LogP contribution is -2.38. The van der Waals surface area contributed by atoms with Crippen LogP contribution in [0.25, 0.3) is 0 Å². The molecule has 3 rings (SSSR count). The molecule has 1 unspecified atom stereocenters. The third kappa shape index (κ3) is 6.36. The predicted molar refractivity (Wildman–Crippen MR) is 110 cm³/mol. The fourth-order valence-corrected chi connectivity index (χ4v) is 4.26. The molecular weight excluding hydrogens is 338 g/mol. The highest BCUT2D eigenvalue weighted by Gasteiger charge is 2.23. The molecule has 0 bridgehead atoms. The van der Waals surface area contributed by atoms with Crippen LogP contribution in [0.2, 0.25) is 0 Å². The Balaban J connectivity index is 1.45. The summed E-state index contributed by atoms with van der Waals surface area (Å²) in [6.45, 7) is 5.10. The largest absolute Gasteiger partial charge is 0.370 e. The van der Waals surface area contributed by atoms with E-state index in [-0.39, 0.29) is 5.91 Å². The third-order valence-electron chi connectivity index (χ3n) is 5.80. The molecule has 1 aliphatic heterocycles. The van der Waals surface area contributed by atoms with Crippen molar-refractivity contribution in [2.24, 2.45) is 5.92 Å². The molecule has 1 aromatic rings. The number of nitrogens with one attached hydrogen (secondary N) is 2. The lowest BCUT2D eigenvalue weighted by molar-refractivity contribution is -0.122. The summed E-state index contributed by atoms with van der Waals surface area (Å²) in [6.07, 6.45) is 12.9. The van der Waals surface area contributed by atoms with Crippen molar-refractivity contribution in [2.75, 3.05) is 29.9 Å². The molecule has 2 aliphatic rings. The monoisotopic (exact) mass is 373 g/mol. The normalized spacial score (nSPS) is 21.1. The van der Waals surface area contributed by atoms with Gasteiger partial charge in [-0.3, -0.25) is 4.79 Å². The van der Waals surface area contributed by atoms with Crippen LogP contribution < -0.4 is 15.5 Å². The maximum Gasteiger partial charge on any atom is 0.220 e. The second-order valence-electron chi connectivity index (χ2n) is 8.08. The summed E-state index contributed by atoms with van der Waals surface area (Å²) in [5.74, 6) is 2.71. The van der Waals surface area contributed by atoms with Gasteiger partial charge in [-0.15, -0.1) is 0 Å². The first-order chi connectivity index (χ1) is 13.2. The van der Waals surface area contributed by atoms with Crippen LogP contribution in [0.1, 0.15) is 71.1 Å². The van der Waals surface area contributed by atoms with Crippen LogP contribution in [0.3, 0.4) is 0 Å². The molecule has 0 aromatic carbocycles. The zero-order valence-corrected chi connectivity index (χ0v) is 16.8. The standard InChI is InChI=1S/C21H35N5O/c1-2-12-22-19-14-20(24-16-23-19)26-13-6-7-17(15-26)10-11-21(27)25-18-8-4-3-5-9-18/h14,16-18H,2-13,15H2,1H3,(H,25,27)(H,22,23,24). The van der Waals surface area contributed by atoms with Crippen molar-refractivity contribution in [3.05, 3.63) is 12.4 Å². The molecule has 1 amide bonds. The van der Waals surface area contributed by atoms with Gasteiger partial charge < -0.3 is 15.5 Å². The molecule has 0 radical (unpaired) electrons. The van der Waals surface area contributed by atoms with E-state index in [1.54, 1.807) is 6.33 Å². The van der Waals surface area contributed by atoms with Crippen LogP contribution in [-0.4, -0.2) is 41.6 Å². The zero-order chi connectivity index (χ0) is 18.9. The average molecular weight is 374 g/mol. The second-order valence-corrected chi connectivity index (χ2v) is 8.08. The molecule has 6 heteroatoms. The Morgan fingerprint density at radius 1 is 1.19 bits per heavy atom. The Kier molecular flexibility index (Phi) is 7.72. The average Bonchev–Trinajstić information content (AvgIpc) is 2.72. The highest BCUT2D eigenvalue weighted by atomic mass is 16.1. The Labute approximate surface area is 163 Å². The second kappa shape index (κ2) is 10.5. The number of rotatable bonds is 8. The molecular formula is C21H35N5O. The van der Waals surface area contributed by atoms with Gasteiger partial charge in [-0.1, -0.05) is 26.2 Å². The molecule has 1 aliphatic carbocycles. The number of aromatic nitrogens is 2. The Morgan fingerprint density at radius 3 is 2.85 bits per heavy atom. The minimum atomic E-state index is 0.243. The Morgan fingerprint density at radius 2 is 2.04 bits per heavy atom. The first kappa shape index (κ1) is 19.9. The van der Waals surface area contributed by atoms with E-state index in [0.29, 0.717) is 18.4 Å². The predicted octanol–water partition coefficient (Wildman–Crippen LogP) is 3.74. The van der Waals surface area contributed by atoms with Gasteiger partial charge in [-0.25, -0.2) is 9.97 Å². The van der Waals surface area contributed by atoms with Crippen molar-refractivity contribution in [1.29, 1.82) is 0 Å². The number of piperidine rings is 1. The summed E-state index contributed by atoms with van der Waals surface area (Å²) in [5, 5.41) is 6.58. The van der Waals surface area contributed by atoms with Gasteiger partial charge in [0.2, 0.25) is 5.91 Å². The molecule has 0 spiro atoms. The van der Waals surface area contributed by atoms with Gasteiger partial charge in [0, 0.05) is 38.2 Å². The maximum absolute atomic E-state index is 12.3. The highest BCUT2D eigenvalue weighted by Crippen LogP contribution is 2.25. The van der Waals surface area contributed by atoms with Gasteiger partial charge >= 0.3 is 0 Å². The number of hydrogen-bond donors (Lipinski definition) is 2. The number of anilines is 2. The first-order valence-electron chi connectivity index (χ1n) is 10.8. The molecule has 1 atom stereocenters. The SMILES string of the molecule is CCCNc1cc(N2CCCC(CCC(=O)NC3CCCCC3)C2)ncn1. The van der Waals surface area contributed by atoms with E-state index in [2.05, 4.69) is 32.4 Å². The van der Waals surface area contributed by atoms with Crippen LogP contribution in [0.15, 0.2) is 12.4 Å². The molecule has 27 heavy (non-hydrogen) atoms. The van der Waals surface area contributed by atoms with Crippen LogP contribution in [0.4, 0.5) is 11.6 Å².